The Hall–Kier alpha value is -1.35. The van der Waals surface area contributed by atoms with E-state index in [0.29, 0.717) is 19.0 Å². The maximum absolute atomic E-state index is 11.7. The zero-order valence-electron chi connectivity index (χ0n) is 9.43. The molecule has 0 bridgehead atoms. The molecule has 1 fully saturated rings. The number of carbonyl (C=O) groups is 1. The fraction of sp³-hybridized carbons (Fsp3) is 0.462. The zero-order chi connectivity index (χ0) is 11.4. The van der Waals surface area contributed by atoms with E-state index >= 15 is 0 Å². The molecule has 1 aromatic carbocycles. The molecule has 2 rings (SSSR count). The van der Waals surface area contributed by atoms with Gasteiger partial charge in [0.05, 0.1) is 0 Å². The maximum Gasteiger partial charge on any atom is 0.223 e. The van der Waals surface area contributed by atoms with Crippen LogP contribution < -0.4 is 5.73 Å². The minimum atomic E-state index is 0.266. The van der Waals surface area contributed by atoms with Gasteiger partial charge in [0.2, 0.25) is 5.91 Å². The molecule has 0 aromatic heterocycles. The number of benzene rings is 1. The van der Waals surface area contributed by atoms with Crippen molar-refractivity contribution >= 4 is 5.91 Å². The molecule has 1 unspecified atom stereocenters. The van der Waals surface area contributed by atoms with Crippen molar-refractivity contribution in [1.29, 1.82) is 0 Å². The summed E-state index contributed by atoms with van der Waals surface area (Å²) in [7, 11) is 0. The van der Waals surface area contributed by atoms with Crippen molar-refractivity contribution in [3.63, 3.8) is 0 Å². The van der Waals surface area contributed by atoms with Crippen LogP contribution >= 0.6 is 0 Å². The van der Waals surface area contributed by atoms with Crippen molar-refractivity contribution in [2.24, 2.45) is 5.73 Å². The zero-order valence-corrected chi connectivity index (χ0v) is 9.43. The van der Waals surface area contributed by atoms with Crippen LogP contribution in [0.3, 0.4) is 0 Å². The number of rotatable bonds is 4. The Balaban J connectivity index is 2.04. The van der Waals surface area contributed by atoms with Crippen molar-refractivity contribution in [1.82, 2.24) is 4.90 Å². The lowest BCUT2D eigenvalue weighted by molar-refractivity contribution is -0.129. The van der Waals surface area contributed by atoms with Crippen LogP contribution in [0.5, 0.6) is 0 Å². The van der Waals surface area contributed by atoms with Gasteiger partial charge in [-0.15, -0.1) is 0 Å². The summed E-state index contributed by atoms with van der Waals surface area (Å²) in [6.45, 7) is 1.38. The number of carbonyl (C=O) groups excluding carboxylic acids is 1. The first-order chi connectivity index (χ1) is 7.81. The SMILES string of the molecule is NCCC1CCC(=O)N1Cc1ccccc1. The van der Waals surface area contributed by atoms with E-state index < -0.39 is 0 Å². The highest BCUT2D eigenvalue weighted by atomic mass is 16.2. The van der Waals surface area contributed by atoms with Crippen LogP contribution in [0.4, 0.5) is 0 Å². The molecule has 1 amide bonds. The largest absolute Gasteiger partial charge is 0.335 e. The second-order valence-electron chi connectivity index (χ2n) is 4.28. The summed E-state index contributed by atoms with van der Waals surface area (Å²) in [5, 5.41) is 0. The standard InChI is InChI=1S/C13H18N2O/c14-9-8-12-6-7-13(16)15(12)10-11-4-2-1-3-5-11/h1-5,12H,6-10,14H2. The van der Waals surface area contributed by atoms with E-state index in [0.717, 1.165) is 19.4 Å². The lowest BCUT2D eigenvalue weighted by atomic mass is 10.1. The number of likely N-dealkylation sites (tertiary alicyclic amines) is 1. The number of hydrogen-bond donors (Lipinski definition) is 1. The number of hydrogen-bond acceptors (Lipinski definition) is 2. The molecule has 0 aliphatic carbocycles. The van der Waals surface area contributed by atoms with Crippen LogP contribution in [0.2, 0.25) is 0 Å². The number of amides is 1. The van der Waals surface area contributed by atoms with Crippen LogP contribution in [-0.2, 0) is 11.3 Å². The Kier molecular flexibility index (Phi) is 3.57. The fourth-order valence-electron chi connectivity index (χ4n) is 2.28. The van der Waals surface area contributed by atoms with E-state index in [1.54, 1.807) is 0 Å². The van der Waals surface area contributed by atoms with Gasteiger partial charge in [-0.3, -0.25) is 4.79 Å². The number of nitrogens with two attached hydrogens (primary N) is 1. The summed E-state index contributed by atoms with van der Waals surface area (Å²) < 4.78 is 0. The van der Waals surface area contributed by atoms with Gasteiger partial charge in [-0.1, -0.05) is 30.3 Å². The molecule has 2 N–H and O–H groups in total. The van der Waals surface area contributed by atoms with Gasteiger partial charge in [0.25, 0.3) is 0 Å². The van der Waals surface area contributed by atoms with Crippen molar-refractivity contribution in [3.05, 3.63) is 35.9 Å². The van der Waals surface area contributed by atoms with E-state index in [-0.39, 0.29) is 5.91 Å². The highest BCUT2D eigenvalue weighted by Crippen LogP contribution is 2.23. The van der Waals surface area contributed by atoms with Crippen LogP contribution in [0.1, 0.15) is 24.8 Å². The summed E-state index contributed by atoms with van der Waals surface area (Å²) in [6.07, 6.45) is 2.55. The predicted octanol–water partition coefficient (Wildman–Crippen LogP) is 1.53. The van der Waals surface area contributed by atoms with Crippen molar-refractivity contribution in [2.75, 3.05) is 6.54 Å². The van der Waals surface area contributed by atoms with Crippen LogP contribution in [0, 0.1) is 0 Å². The summed E-state index contributed by atoms with van der Waals surface area (Å²) in [4.78, 5) is 13.7. The predicted molar refractivity (Wildman–Crippen MR) is 63.7 cm³/mol. The molecule has 1 aliphatic rings. The third kappa shape index (κ3) is 2.42. The molecule has 3 heteroatoms. The van der Waals surface area contributed by atoms with Crippen molar-refractivity contribution < 1.29 is 4.79 Å². The average Bonchev–Trinajstić information content (AvgIpc) is 2.64. The third-order valence-corrected chi connectivity index (χ3v) is 3.15. The van der Waals surface area contributed by atoms with Gasteiger partial charge in [-0.05, 0) is 24.9 Å². The van der Waals surface area contributed by atoms with Crippen molar-refractivity contribution in [3.8, 4) is 0 Å². The van der Waals surface area contributed by atoms with Gasteiger partial charge in [-0.2, -0.15) is 0 Å². The molecule has 1 atom stereocenters. The summed E-state index contributed by atoms with van der Waals surface area (Å²) >= 11 is 0. The Morgan fingerprint density at radius 3 is 2.75 bits per heavy atom. The molecule has 0 saturated carbocycles. The van der Waals surface area contributed by atoms with Gasteiger partial charge in [0, 0.05) is 19.0 Å². The lowest BCUT2D eigenvalue weighted by Gasteiger charge is -2.24. The molecule has 3 nitrogen and oxygen atoms in total. The highest BCUT2D eigenvalue weighted by Gasteiger charge is 2.29. The molecular weight excluding hydrogens is 200 g/mol. The topological polar surface area (TPSA) is 46.3 Å². The minimum absolute atomic E-state index is 0.266. The van der Waals surface area contributed by atoms with Crippen LogP contribution in [0.15, 0.2) is 30.3 Å². The van der Waals surface area contributed by atoms with Gasteiger partial charge in [0.15, 0.2) is 0 Å². The molecule has 1 aliphatic heterocycles. The average molecular weight is 218 g/mol. The first-order valence-electron chi connectivity index (χ1n) is 5.84. The summed E-state index contributed by atoms with van der Waals surface area (Å²) in [5.74, 6) is 0.266. The first kappa shape index (κ1) is 11.1. The Labute approximate surface area is 96.2 Å². The lowest BCUT2D eigenvalue weighted by Crippen LogP contribution is -2.33. The minimum Gasteiger partial charge on any atom is -0.335 e. The number of nitrogens with zero attached hydrogens (tertiary/aromatic N) is 1. The first-order valence-corrected chi connectivity index (χ1v) is 5.84. The van der Waals surface area contributed by atoms with E-state index in [2.05, 4.69) is 12.1 Å². The van der Waals surface area contributed by atoms with Crippen LogP contribution in [0.25, 0.3) is 0 Å². The smallest absolute Gasteiger partial charge is 0.223 e. The fourth-order valence-corrected chi connectivity index (χ4v) is 2.28. The molecule has 16 heavy (non-hydrogen) atoms. The molecule has 1 aromatic rings. The summed E-state index contributed by atoms with van der Waals surface area (Å²) in [5.41, 5.74) is 6.77. The van der Waals surface area contributed by atoms with Gasteiger partial charge < -0.3 is 10.6 Å². The Morgan fingerprint density at radius 1 is 1.31 bits per heavy atom. The Morgan fingerprint density at radius 2 is 2.06 bits per heavy atom. The Bertz CT molecular complexity index is 350. The third-order valence-electron chi connectivity index (χ3n) is 3.15. The molecule has 0 spiro atoms. The van der Waals surface area contributed by atoms with Gasteiger partial charge in [-0.25, -0.2) is 0 Å². The maximum atomic E-state index is 11.7. The molecule has 1 saturated heterocycles. The monoisotopic (exact) mass is 218 g/mol. The molecular formula is C13H18N2O. The highest BCUT2D eigenvalue weighted by molar-refractivity contribution is 5.78. The second kappa shape index (κ2) is 5.12. The van der Waals surface area contributed by atoms with E-state index in [4.69, 9.17) is 5.73 Å². The molecule has 86 valence electrons. The van der Waals surface area contributed by atoms with Gasteiger partial charge in [0.1, 0.15) is 0 Å². The van der Waals surface area contributed by atoms with Crippen LogP contribution in [-0.4, -0.2) is 23.4 Å². The van der Waals surface area contributed by atoms with E-state index in [9.17, 15) is 4.79 Å². The van der Waals surface area contributed by atoms with Crippen molar-refractivity contribution in [2.45, 2.75) is 31.8 Å². The second-order valence-corrected chi connectivity index (χ2v) is 4.28. The van der Waals surface area contributed by atoms with E-state index in [1.807, 2.05) is 23.1 Å². The van der Waals surface area contributed by atoms with Gasteiger partial charge >= 0.3 is 0 Å². The molecule has 0 radical (unpaired) electrons. The summed E-state index contributed by atoms with van der Waals surface area (Å²) in [6, 6.07) is 10.5. The van der Waals surface area contributed by atoms with E-state index in [1.165, 1.54) is 5.56 Å². The normalized spacial score (nSPS) is 20.4. The quantitative estimate of drug-likeness (QED) is 0.833. The molecule has 1 heterocycles.